The lowest BCUT2D eigenvalue weighted by Gasteiger charge is -2.04. The monoisotopic (exact) mass is 347 g/mol. The van der Waals surface area contributed by atoms with Crippen molar-refractivity contribution in [3.63, 3.8) is 0 Å². The molecule has 0 saturated carbocycles. The number of methoxy groups -OCH3 is 1. The van der Waals surface area contributed by atoms with E-state index in [1.165, 1.54) is 70.6 Å². The third-order valence-corrected chi connectivity index (χ3v) is 4.77. The van der Waals surface area contributed by atoms with Crippen LogP contribution in [0.3, 0.4) is 0 Å². The number of carbonyl (C=O) groups is 1. The van der Waals surface area contributed by atoms with Crippen LogP contribution in [-0.2, 0) is 0 Å². The number of hydrogen-bond donors (Lipinski definition) is 0. The molecule has 0 amide bonds. The number of Topliss-reactive ketones (excluding diaryl/α,β-unsaturated/α-hetero) is 1. The number of nitrogens with zero attached hydrogens (tertiary/aromatic N) is 1. The quantitative estimate of drug-likeness (QED) is 0.245. The maximum absolute atomic E-state index is 12.0. The van der Waals surface area contributed by atoms with Gasteiger partial charge in [-0.15, -0.1) is 0 Å². The molecule has 0 unspecified atom stereocenters. The molecule has 0 N–H and O–H groups in total. The summed E-state index contributed by atoms with van der Waals surface area (Å²) >= 11 is 0. The van der Waals surface area contributed by atoms with E-state index in [0.717, 1.165) is 12.8 Å². The van der Waals surface area contributed by atoms with Gasteiger partial charge < -0.3 is 4.74 Å². The van der Waals surface area contributed by atoms with Crippen molar-refractivity contribution in [2.75, 3.05) is 7.11 Å². The van der Waals surface area contributed by atoms with Crippen LogP contribution in [-0.4, -0.2) is 17.9 Å². The molecule has 0 bridgehead atoms. The van der Waals surface area contributed by atoms with Gasteiger partial charge in [0.2, 0.25) is 0 Å². The Balaban J connectivity index is 1.90. The van der Waals surface area contributed by atoms with Crippen LogP contribution in [0.25, 0.3) is 0 Å². The molecule has 1 heterocycles. The van der Waals surface area contributed by atoms with Gasteiger partial charge in [0.25, 0.3) is 0 Å². The van der Waals surface area contributed by atoms with E-state index in [-0.39, 0.29) is 5.78 Å². The topological polar surface area (TPSA) is 39.2 Å². The Kier molecular flexibility index (Phi) is 12.9. The van der Waals surface area contributed by atoms with Crippen LogP contribution >= 0.6 is 0 Å². The molecular weight excluding hydrogens is 310 g/mol. The molecule has 0 spiro atoms. The molecule has 0 fully saturated rings. The summed E-state index contributed by atoms with van der Waals surface area (Å²) in [6.45, 7) is 2.27. The van der Waals surface area contributed by atoms with Crippen molar-refractivity contribution in [3.8, 4) is 5.75 Å². The van der Waals surface area contributed by atoms with Gasteiger partial charge in [0.1, 0.15) is 11.4 Å². The fourth-order valence-corrected chi connectivity index (χ4v) is 3.10. The minimum absolute atomic E-state index is 0.144. The Morgan fingerprint density at radius 1 is 0.840 bits per heavy atom. The number of unbranched alkanes of at least 4 members (excludes halogenated alkanes) is 12. The Bertz CT molecular complexity index is 442. The predicted molar refractivity (Wildman–Crippen MR) is 105 cm³/mol. The molecule has 0 radical (unpaired) electrons. The van der Waals surface area contributed by atoms with Crippen LogP contribution in [0, 0.1) is 0 Å². The highest BCUT2D eigenvalue weighted by Crippen LogP contribution is 2.14. The van der Waals surface area contributed by atoms with Crippen LogP contribution in [0.5, 0.6) is 5.75 Å². The van der Waals surface area contributed by atoms with Crippen LogP contribution in [0.4, 0.5) is 0 Å². The summed E-state index contributed by atoms with van der Waals surface area (Å²) < 4.78 is 5.06. The molecular formula is C22H37NO2. The van der Waals surface area contributed by atoms with Gasteiger partial charge in [-0.3, -0.25) is 4.79 Å². The molecule has 0 aliphatic rings. The van der Waals surface area contributed by atoms with Crippen LogP contribution < -0.4 is 4.74 Å². The summed E-state index contributed by atoms with van der Waals surface area (Å²) in [6, 6.07) is 3.55. The second kappa shape index (κ2) is 14.9. The maximum Gasteiger partial charge on any atom is 0.181 e. The standard InChI is InChI=1S/C22H37NO2/c1-3-4-5-6-7-8-9-10-11-12-13-14-15-16-22(24)21-18-17-20(25-2)19-23-21/h17-19H,3-16H2,1-2H3. The summed E-state index contributed by atoms with van der Waals surface area (Å²) in [5.74, 6) is 0.836. The molecule has 1 rings (SSSR count). The second-order valence-electron chi connectivity index (χ2n) is 7.00. The average Bonchev–Trinajstić information content (AvgIpc) is 2.65. The Morgan fingerprint density at radius 3 is 1.80 bits per heavy atom. The summed E-state index contributed by atoms with van der Waals surface area (Å²) in [5, 5.41) is 0. The number of carbonyl (C=O) groups excluding carboxylic acids is 1. The number of hydrogen-bond acceptors (Lipinski definition) is 3. The number of rotatable bonds is 16. The molecule has 25 heavy (non-hydrogen) atoms. The van der Waals surface area contributed by atoms with Gasteiger partial charge in [0.05, 0.1) is 13.3 Å². The second-order valence-corrected chi connectivity index (χ2v) is 7.00. The summed E-state index contributed by atoms with van der Waals surface area (Å²) in [4.78, 5) is 16.2. The molecule has 0 aliphatic carbocycles. The van der Waals surface area contributed by atoms with E-state index in [0.29, 0.717) is 17.9 Å². The Labute approximate surface area is 154 Å². The molecule has 0 aromatic carbocycles. The Hall–Kier alpha value is -1.38. The third kappa shape index (κ3) is 11.0. The zero-order valence-electron chi connectivity index (χ0n) is 16.4. The van der Waals surface area contributed by atoms with E-state index in [2.05, 4.69) is 11.9 Å². The van der Waals surface area contributed by atoms with Crippen molar-refractivity contribution in [2.45, 2.75) is 96.8 Å². The fraction of sp³-hybridized carbons (Fsp3) is 0.727. The molecule has 1 aromatic heterocycles. The smallest absolute Gasteiger partial charge is 0.181 e. The highest BCUT2D eigenvalue weighted by atomic mass is 16.5. The third-order valence-electron chi connectivity index (χ3n) is 4.77. The Morgan fingerprint density at radius 2 is 1.36 bits per heavy atom. The van der Waals surface area contributed by atoms with Crippen LogP contribution in [0.1, 0.15) is 107 Å². The highest BCUT2D eigenvalue weighted by molar-refractivity contribution is 5.94. The van der Waals surface area contributed by atoms with E-state index >= 15 is 0 Å². The zero-order chi connectivity index (χ0) is 18.2. The maximum atomic E-state index is 12.0. The normalized spacial score (nSPS) is 10.8. The average molecular weight is 348 g/mol. The first-order valence-corrected chi connectivity index (χ1v) is 10.3. The summed E-state index contributed by atoms with van der Waals surface area (Å²) in [7, 11) is 1.60. The first kappa shape index (κ1) is 21.7. The largest absolute Gasteiger partial charge is 0.495 e. The summed E-state index contributed by atoms with van der Waals surface area (Å²) in [5.41, 5.74) is 0.555. The lowest BCUT2D eigenvalue weighted by atomic mass is 10.0. The lowest BCUT2D eigenvalue weighted by Crippen LogP contribution is -2.02. The van der Waals surface area contributed by atoms with Gasteiger partial charge in [0.15, 0.2) is 5.78 Å². The van der Waals surface area contributed by atoms with E-state index in [1.807, 2.05) is 0 Å². The van der Waals surface area contributed by atoms with Gasteiger partial charge in [0, 0.05) is 6.42 Å². The first-order valence-electron chi connectivity index (χ1n) is 10.3. The molecule has 1 aromatic rings. The van der Waals surface area contributed by atoms with E-state index in [1.54, 1.807) is 25.4 Å². The van der Waals surface area contributed by atoms with Crippen LogP contribution in [0.2, 0.25) is 0 Å². The van der Waals surface area contributed by atoms with Gasteiger partial charge in [-0.25, -0.2) is 4.98 Å². The first-order chi connectivity index (χ1) is 12.3. The highest BCUT2D eigenvalue weighted by Gasteiger charge is 2.07. The van der Waals surface area contributed by atoms with Crippen molar-refractivity contribution in [1.29, 1.82) is 0 Å². The van der Waals surface area contributed by atoms with Crippen molar-refractivity contribution in [1.82, 2.24) is 4.98 Å². The van der Waals surface area contributed by atoms with Crippen molar-refractivity contribution >= 4 is 5.78 Å². The molecule has 3 nitrogen and oxygen atoms in total. The van der Waals surface area contributed by atoms with E-state index in [4.69, 9.17) is 4.74 Å². The minimum atomic E-state index is 0.144. The van der Waals surface area contributed by atoms with E-state index < -0.39 is 0 Å². The van der Waals surface area contributed by atoms with E-state index in [9.17, 15) is 4.79 Å². The van der Waals surface area contributed by atoms with Gasteiger partial charge in [-0.1, -0.05) is 84.0 Å². The number of ketones is 1. The molecule has 3 heteroatoms. The fourth-order valence-electron chi connectivity index (χ4n) is 3.10. The van der Waals surface area contributed by atoms with Crippen LogP contribution in [0.15, 0.2) is 18.3 Å². The molecule has 0 aliphatic heterocycles. The number of aromatic nitrogens is 1. The predicted octanol–water partition coefficient (Wildman–Crippen LogP) is 6.75. The zero-order valence-corrected chi connectivity index (χ0v) is 16.4. The van der Waals surface area contributed by atoms with Crippen molar-refractivity contribution < 1.29 is 9.53 Å². The van der Waals surface area contributed by atoms with Gasteiger partial charge >= 0.3 is 0 Å². The van der Waals surface area contributed by atoms with Crippen molar-refractivity contribution in [3.05, 3.63) is 24.0 Å². The molecule has 0 saturated heterocycles. The molecule has 0 atom stereocenters. The van der Waals surface area contributed by atoms with Crippen molar-refractivity contribution in [2.24, 2.45) is 0 Å². The summed E-state index contributed by atoms with van der Waals surface area (Å²) in [6.07, 6.45) is 19.4. The minimum Gasteiger partial charge on any atom is -0.495 e. The van der Waals surface area contributed by atoms with Gasteiger partial charge in [-0.2, -0.15) is 0 Å². The SMILES string of the molecule is CCCCCCCCCCCCCCCC(=O)c1ccc(OC)cn1. The number of ether oxygens (including phenoxy) is 1. The molecule has 142 valence electrons. The lowest BCUT2D eigenvalue weighted by molar-refractivity contribution is 0.0974. The number of pyridine rings is 1. The van der Waals surface area contributed by atoms with Gasteiger partial charge in [-0.05, 0) is 18.6 Å².